The number of fused-ring (bicyclic) bond motifs is 2. The Hall–Kier alpha value is -1.97. The topological polar surface area (TPSA) is 29.9 Å². The van der Waals surface area contributed by atoms with E-state index in [1.807, 2.05) is 18.2 Å². The van der Waals surface area contributed by atoms with Gasteiger partial charge in [0.15, 0.2) is 0 Å². The number of aryl methyl sites for hydroxylation is 1. The maximum absolute atomic E-state index is 6.14. The van der Waals surface area contributed by atoms with E-state index in [2.05, 4.69) is 40.1 Å². The summed E-state index contributed by atoms with van der Waals surface area (Å²) in [5.41, 5.74) is 6.05. The summed E-state index contributed by atoms with van der Waals surface area (Å²) in [4.78, 5) is 4.35. The molecule has 0 fully saturated rings. The van der Waals surface area contributed by atoms with Gasteiger partial charge in [-0.25, -0.2) is 0 Å². The van der Waals surface area contributed by atoms with Crippen LogP contribution < -0.4 is 5.32 Å². The summed E-state index contributed by atoms with van der Waals surface area (Å²) < 4.78 is 2.31. The number of nitrogens with one attached hydrogen (secondary N) is 1. The summed E-state index contributed by atoms with van der Waals surface area (Å²) in [7, 11) is 0. The average molecular weight is 358 g/mol. The van der Waals surface area contributed by atoms with Gasteiger partial charge in [0.1, 0.15) is 5.16 Å². The molecule has 0 unspecified atom stereocenters. The molecule has 24 heavy (non-hydrogen) atoms. The van der Waals surface area contributed by atoms with Crippen molar-refractivity contribution in [2.24, 2.45) is 0 Å². The molecule has 5 heteroatoms. The van der Waals surface area contributed by atoms with E-state index < -0.39 is 0 Å². The van der Waals surface area contributed by atoms with Crippen molar-refractivity contribution in [2.45, 2.75) is 26.4 Å². The largest absolute Gasteiger partial charge is 0.370 e. The third-order valence-electron chi connectivity index (χ3n) is 4.46. The van der Waals surface area contributed by atoms with Gasteiger partial charge in [-0.15, -0.1) is 0 Å². The Morgan fingerprint density at radius 3 is 2.96 bits per heavy atom. The van der Waals surface area contributed by atoms with Crippen LogP contribution >= 0.6 is 23.2 Å². The van der Waals surface area contributed by atoms with E-state index in [0.717, 1.165) is 30.4 Å². The quantitative estimate of drug-likeness (QED) is 0.672. The highest BCUT2D eigenvalue weighted by Gasteiger charge is 2.17. The number of nitrogens with zero attached hydrogens (tertiary/aromatic N) is 2. The second-order valence-electron chi connectivity index (χ2n) is 6.02. The molecule has 1 aliphatic heterocycles. The minimum Gasteiger partial charge on any atom is -0.370 e. The van der Waals surface area contributed by atoms with Crippen molar-refractivity contribution in [3.63, 3.8) is 0 Å². The van der Waals surface area contributed by atoms with Crippen LogP contribution in [0.5, 0.6) is 0 Å². The first-order valence-corrected chi connectivity index (χ1v) is 8.76. The van der Waals surface area contributed by atoms with Gasteiger partial charge in [-0.3, -0.25) is 4.98 Å². The Kier molecular flexibility index (Phi) is 3.99. The second-order valence-corrected chi connectivity index (χ2v) is 6.87. The third-order valence-corrected chi connectivity index (χ3v) is 4.91. The highest BCUT2D eigenvalue weighted by atomic mass is 35.5. The number of hydrogen-bond acceptors (Lipinski definition) is 2. The zero-order chi connectivity index (χ0) is 16.7. The van der Waals surface area contributed by atoms with Crippen LogP contribution in [-0.2, 0) is 19.5 Å². The molecule has 4 rings (SSSR count). The number of pyridine rings is 1. The van der Waals surface area contributed by atoms with Gasteiger partial charge >= 0.3 is 0 Å². The number of halogens is 2. The Morgan fingerprint density at radius 1 is 1.25 bits per heavy atom. The number of rotatable bonds is 3. The molecule has 122 valence electrons. The van der Waals surface area contributed by atoms with Crippen molar-refractivity contribution in [2.75, 3.05) is 0 Å². The lowest BCUT2D eigenvalue weighted by Crippen LogP contribution is -2.17. The highest BCUT2D eigenvalue weighted by molar-refractivity contribution is 6.31. The number of aromatic nitrogens is 2. The fourth-order valence-corrected chi connectivity index (χ4v) is 3.61. The summed E-state index contributed by atoms with van der Waals surface area (Å²) >= 11 is 12.2. The monoisotopic (exact) mass is 357 g/mol. The maximum Gasteiger partial charge on any atom is 0.103 e. The van der Waals surface area contributed by atoms with Crippen LogP contribution in [0.15, 0.2) is 41.8 Å². The molecule has 0 amide bonds. The predicted octanol–water partition coefficient (Wildman–Crippen LogP) is 4.94. The first-order chi connectivity index (χ1) is 11.6. The van der Waals surface area contributed by atoms with Gasteiger partial charge in [-0.1, -0.05) is 36.2 Å². The summed E-state index contributed by atoms with van der Waals surface area (Å²) in [5, 5.41) is 5.66. The van der Waals surface area contributed by atoms with Gasteiger partial charge in [0.2, 0.25) is 0 Å². The van der Waals surface area contributed by atoms with Crippen molar-refractivity contribution < 1.29 is 0 Å². The van der Waals surface area contributed by atoms with E-state index in [-0.39, 0.29) is 0 Å². The van der Waals surface area contributed by atoms with Crippen molar-refractivity contribution >= 4 is 40.2 Å². The van der Waals surface area contributed by atoms with Crippen LogP contribution in [0.2, 0.25) is 5.02 Å². The summed E-state index contributed by atoms with van der Waals surface area (Å²) in [6.45, 7) is 3.75. The summed E-state index contributed by atoms with van der Waals surface area (Å²) in [6, 6.07) is 8.29. The Morgan fingerprint density at radius 2 is 2.12 bits per heavy atom. The molecule has 1 N–H and O–H groups in total. The van der Waals surface area contributed by atoms with E-state index in [9.17, 15) is 0 Å². The van der Waals surface area contributed by atoms with Gasteiger partial charge in [0, 0.05) is 35.6 Å². The second kappa shape index (κ2) is 6.15. The summed E-state index contributed by atoms with van der Waals surface area (Å²) in [6.07, 6.45) is 6.94. The molecule has 3 aromatic rings. The van der Waals surface area contributed by atoms with Crippen LogP contribution in [-0.4, -0.2) is 9.55 Å². The molecule has 0 bridgehead atoms. The molecule has 0 spiro atoms. The normalized spacial score (nSPS) is 13.5. The minimum absolute atomic E-state index is 0.662. The van der Waals surface area contributed by atoms with Gasteiger partial charge < -0.3 is 9.88 Å². The molecule has 1 aromatic carbocycles. The van der Waals surface area contributed by atoms with E-state index >= 15 is 0 Å². The van der Waals surface area contributed by atoms with E-state index in [1.54, 1.807) is 6.20 Å². The molecule has 2 aromatic heterocycles. The average Bonchev–Trinajstić information content (AvgIpc) is 2.91. The molecule has 3 heterocycles. The van der Waals surface area contributed by atoms with Crippen LogP contribution in [0.3, 0.4) is 0 Å². The van der Waals surface area contributed by atoms with E-state index in [1.165, 1.54) is 22.4 Å². The van der Waals surface area contributed by atoms with Gasteiger partial charge in [-0.05, 0) is 41.8 Å². The van der Waals surface area contributed by atoms with Crippen molar-refractivity contribution in [1.82, 2.24) is 14.9 Å². The minimum atomic E-state index is 0.662. The maximum atomic E-state index is 6.14. The van der Waals surface area contributed by atoms with E-state index in [0.29, 0.717) is 10.2 Å². The number of benzene rings is 1. The van der Waals surface area contributed by atoms with Crippen LogP contribution in [0.25, 0.3) is 17.0 Å². The Labute approximate surface area is 150 Å². The lowest BCUT2D eigenvalue weighted by molar-refractivity contribution is 0.699. The molecular formula is C19H17Cl2N3. The van der Waals surface area contributed by atoms with Crippen LogP contribution in [0.4, 0.5) is 0 Å². The fourth-order valence-electron chi connectivity index (χ4n) is 3.27. The lowest BCUT2D eigenvalue weighted by Gasteiger charge is -2.16. The smallest absolute Gasteiger partial charge is 0.103 e. The van der Waals surface area contributed by atoms with Gasteiger partial charge in [0.05, 0.1) is 17.1 Å². The zero-order valence-corrected chi connectivity index (χ0v) is 14.8. The molecule has 0 aliphatic carbocycles. The SMILES string of the molecule is CCc1cn(Cc2ccc3ncc(Cl)cc3c2)c2c1C=C(Cl)NC2. The highest BCUT2D eigenvalue weighted by Crippen LogP contribution is 2.27. The predicted molar refractivity (Wildman–Crippen MR) is 100 cm³/mol. The fraction of sp³-hybridized carbons (Fsp3) is 0.211. The van der Waals surface area contributed by atoms with Gasteiger partial charge in [0.25, 0.3) is 0 Å². The van der Waals surface area contributed by atoms with Crippen LogP contribution in [0.1, 0.15) is 29.3 Å². The molecule has 1 aliphatic rings. The molecule has 0 saturated carbocycles. The van der Waals surface area contributed by atoms with Crippen molar-refractivity contribution in [3.05, 3.63) is 69.2 Å². The Bertz CT molecular complexity index is 957. The summed E-state index contributed by atoms with van der Waals surface area (Å²) in [5.74, 6) is 0. The zero-order valence-electron chi connectivity index (χ0n) is 13.3. The molecular weight excluding hydrogens is 341 g/mol. The molecule has 0 saturated heterocycles. The first-order valence-electron chi connectivity index (χ1n) is 8.00. The third kappa shape index (κ3) is 2.79. The van der Waals surface area contributed by atoms with Crippen LogP contribution in [0, 0.1) is 0 Å². The Balaban J connectivity index is 1.73. The van der Waals surface area contributed by atoms with Crippen molar-refractivity contribution in [3.8, 4) is 0 Å². The molecule has 0 atom stereocenters. The van der Waals surface area contributed by atoms with Gasteiger partial charge in [-0.2, -0.15) is 0 Å². The number of hydrogen-bond donors (Lipinski definition) is 1. The lowest BCUT2D eigenvalue weighted by atomic mass is 10.1. The first kappa shape index (κ1) is 15.6. The van der Waals surface area contributed by atoms with E-state index in [4.69, 9.17) is 23.2 Å². The molecule has 0 radical (unpaired) electrons. The van der Waals surface area contributed by atoms with Crippen molar-refractivity contribution in [1.29, 1.82) is 0 Å². The molecule has 3 nitrogen and oxygen atoms in total. The standard InChI is InChI=1S/C19H17Cl2N3/c1-2-13-11-24(18-9-23-19(21)7-16(13)18)10-12-3-4-17-14(5-12)6-15(20)8-22-17/h3-8,11,23H,2,9-10H2,1H3.